The molecule has 0 spiro atoms. The largest absolute Gasteiger partial charge is 0.344 e. The van der Waals surface area contributed by atoms with Gasteiger partial charge in [-0.05, 0) is 80.1 Å². The predicted molar refractivity (Wildman–Crippen MR) is 146 cm³/mol. The van der Waals surface area contributed by atoms with Gasteiger partial charge >= 0.3 is 0 Å². The molecular weight excluding hydrogens is 444 g/mol. The highest BCUT2D eigenvalue weighted by Crippen LogP contribution is 2.39. The number of nitrogens with two attached hydrogens (primary N) is 1. The zero-order valence-electron chi connectivity index (χ0n) is 21.2. The van der Waals surface area contributed by atoms with Crippen LogP contribution >= 0.6 is 0 Å². The van der Waals surface area contributed by atoms with Gasteiger partial charge in [-0.1, -0.05) is 42.0 Å². The van der Waals surface area contributed by atoms with E-state index >= 15 is 0 Å². The van der Waals surface area contributed by atoms with E-state index < -0.39 is 0 Å². The topological polar surface area (TPSA) is 75.1 Å². The number of fused-ring (bicyclic) bond motifs is 1. The fourth-order valence-corrected chi connectivity index (χ4v) is 5.10. The molecule has 0 radical (unpaired) electrons. The van der Waals surface area contributed by atoms with E-state index in [9.17, 15) is 10.1 Å². The zero-order chi connectivity index (χ0) is 25.4. The molecule has 0 bridgehead atoms. The van der Waals surface area contributed by atoms with Crippen molar-refractivity contribution in [3.63, 3.8) is 0 Å². The van der Waals surface area contributed by atoms with Gasteiger partial charge in [-0.15, -0.1) is 0 Å². The maximum atomic E-state index is 13.7. The summed E-state index contributed by atoms with van der Waals surface area (Å²) >= 11 is 0. The Morgan fingerprint density at radius 3 is 2.14 bits per heavy atom. The Morgan fingerprint density at radius 2 is 1.56 bits per heavy atom. The van der Waals surface area contributed by atoms with E-state index in [0.717, 1.165) is 51.6 Å². The van der Waals surface area contributed by atoms with Gasteiger partial charge in [-0.3, -0.25) is 4.79 Å². The third kappa shape index (κ3) is 4.41. The monoisotopic (exact) mass is 476 g/mol. The van der Waals surface area contributed by atoms with Gasteiger partial charge in [-0.2, -0.15) is 5.26 Å². The SMILES string of the molecule is Cc1ccc(-c2cc3c(cc2-c2ccc(C#N)cc2)c(C(=O)N2CCC(N)CC2)cn3C(C)C)cc1. The molecule has 1 aliphatic heterocycles. The molecule has 2 N–H and O–H groups in total. The van der Waals surface area contributed by atoms with Crippen LogP contribution in [-0.2, 0) is 0 Å². The summed E-state index contributed by atoms with van der Waals surface area (Å²) in [6.07, 6.45) is 3.69. The van der Waals surface area contributed by atoms with Crippen molar-refractivity contribution in [3.8, 4) is 28.3 Å². The van der Waals surface area contributed by atoms with Gasteiger partial charge in [0.25, 0.3) is 5.91 Å². The molecule has 1 aliphatic rings. The first-order valence-corrected chi connectivity index (χ1v) is 12.7. The molecule has 0 saturated carbocycles. The molecule has 5 nitrogen and oxygen atoms in total. The van der Waals surface area contributed by atoms with Crippen LogP contribution in [0.4, 0.5) is 0 Å². The standard InChI is InChI=1S/C31H32N4O/c1-20(2)35-19-29(31(36)34-14-12-25(33)13-15-34)28-16-26(24-10-6-22(18-32)7-11-24)27(17-30(28)35)23-8-4-21(3)5-9-23/h4-11,16-17,19-20,25H,12-15,33H2,1-3H3. The third-order valence-electron chi connectivity index (χ3n) is 7.27. The molecule has 4 aromatic rings. The van der Waals surface area contributed by atoms with Gasteiger partial charge in [0.1, 0.15) is 0 Å². The van der Waals surface area contributed by atoms with Crippen molar-refractivity contribution in [2.24, 2.45) is 5.73 Å². The number of carbonyl (C=O) groups is 1. The molecule has 1 fully saturated rings. The van der Waals surface area contributed by atoms with Crippen molar-refractivity contribution < 1.29 is 4.79 Å². The van der Waals surface area contributed by atoms with Crippen LogP contribution in [-0.4, -0.2) is 34.5 Å². The number of aromatic nitrogens is 1. The van der Waals surface area contributed by atoms with Gasteiger partial charge in [0.15, 0.2) is 0 Å². The number of hydrogen-bond donors (Lipinski definition) is 1. The van der Waals surface area contributed by atoms with Crippen molar-refractivity contribution in [2.75, 3.05) is 13.1 Å². The van der Waals surface area contributed by atoms with E-state index in [1.165, 1.54) is 5.56 Å². The molecule has 1 amide bonds. The first-order valence-electron chi connectivity index (χ1n) is 12.7. The number of likely N-dealkylation sites (tertiary alicyclic amines) is 1. The molecule has 5 rings (SSSR count). The molecule has 1 aromatic heterocycles. The second-order valence-electron chi connectivity index (χ2n) is 10.1. The summed E-state index contributed by atoms with van der Waals surface area (Å²) in [6, 6.07) is 23.2. The summed E-state index contributed by atoms with van der Waals surface area (Å²) in [5, 5.41) is 10.2. The Balaban J connectivity index is 1.73. The molecule has 0 aliphatic carbocycles. The molecule has 2 heterocycles. The average molecular weight is 477 g/mol. The molecule has 3 aromatic carbocycles. The maximum Gasteiger partial charge on any atom is 0.256 e. The highest BCUT2D eigenvalue weighted by Gasteiger charge is 2.26. The molecule has 1 saturated heterocycles. The van der Waals surface area contributed by atoms with Crippen LogP contribution in [0.25, 0.3) is 33.2 Å². The second-order valence-corrected chi connectivity index (χ2v) is 10.1. The van der Waals surface area contributed by atoms with Crippen LogP contribution in [0.15, 0.2) is 66.9 Å². The van der Waals surface area contributed by atoms with Gasteiger partial charge in [-0.25, -0.2) is 0 Å². The maximum absolute atomic E-state index is 13.7. The van der Waals surface area contributed by atoms with Gasteiger partial charge in [0.2, 0.25) is 0 Å². The lowest BCUT2D eigenvalue weighted by Gasteiger charge is -2.30. The molecule has 0 unspecified atom stereocenters. The van der Waals surface area contributed by atoms with Gasteiger partial charge < -0.3 is 15.2 Å². The average Bonchev–Trinajstić information content (AvgIpc) is 3.27. The number of nitrogens with zero attached hydrogens (tertiary/aromatic N) is 3. The Bertz CT molecular complexity index is 1450. The Morgan fingerprint density at radius 1 is 0.972 bits per heavy atom. The molecule has 5 heteroatoms. The minimum absolute atomic E-state index is 0.0696. The van der Waals surface area contributed by atoms with Crippen LogP contribution in [0.1, 0.15) is 54.2 Å². The molecule has 36 heavy (non-hydrogen) atoms. The Labute approximate surface area is 212 Å². The summed E-state index contributed by atoms with van der Waals surface area (Å²) in [5.41, 5.74) is 14.0. The van der Waals surface area contributed by atoms with Gasteiger partial charge in [0.05, 0.1) is 17.2 Å². The van der Waals surface area contributed by atoms with Gasteiger partial charge in [0, 0.05) is 42.3 Å². The van der Waals surface area contributed by atoms with E-state index in [-0.39, 0.29) is 18.0 Å². The highest BCUT2D eigenvalue weighted by atomic mass is 16.2. The van der Waals surface area contributed by atoms with Crippen molar-refractivity contribution in [1.29, 1.82) is 5.26 Å². The number of rotatable bonds is 4. The zero-order valence-corrected chi connectivity index (χ0v) is 21.2. The van der Waals surface area contributed by atoms with Crippen LogP contribution < -0.4 is 5.73 Å². The minimum atomic E-state index is 0.0696. The number of aryl methyl sites for hydroxylation is 1. The van der Waals surface area contributed by atoms with E-state index in [1.807, 2.05) is 35.4 Å². The number of hydrogen-bond acceptors (Lipinski definition) is 3. The number of benzene rings is 3. The first-order chi connectivity index (χ1) is 17.4. The predicted octanol–water partition coefficient (Wildman–Crippen LogP) is 6.30. The number of amides is 1. The highest BCUT2D eigenvalue weighted by molar-refractivity contribution is 6.09. The minimum Gasteiger partial charge on any atom is -0.344 e. The lowest BCUT2D eigenvalue weighted by atomic mass is 9.91. The summed E-state index contributed by atoms with van der Waals surface area (Å²) in [6.45, 7) is 7.77. The first kappa shape index (κ1) is 23.8. The van der Waals surface area contributed by atoms with E-state index in [0.29, 0.717) is 18.7 Å². The lowest BCUT2D eigenvalue weighted by Crippen LogP contribution is -2.42. The summed E-state index contributed by atoms with van der Waals surface area (Å²) < 4.78 is 2.21. The van der Waals surface area contributed by atoms with Crippen LogP contribution in [0.2, 0.25) is 0 Å². The van der Waals surface area contributed by atoms with E-state index in [4.69, 9.17) is 5.73 Å². The van der Waals surface area contributed by atoms with Crippen molar-refractivity contribution >= 4 is 16.8 Å². The smallest absolute Gasteiger partial charge is 0.256 e. The fraction of sp³-hybridized carbons (Fsp3) is 0.290. The molecule has 0 atom stereocenters. The third-order valence-corrected chi connectivity index (χ3v) is 7.27. The quantitative estimate of drug-likeness (QED) is 0.376. The number of piperidine rings is 1. The molecule has 182 valence electrons. The molecular formula is C31H32N4O. The number of nitriles is 1. The van der Waals surface area contributed by atoms with E-state index in [2.05, 4.69) is 67.8 Å². The van der Waals surface area contributed by atoms with Crippen LogP contribution in [0.3, 0.4) is 0 Å². The van der Waals surface area contributed by atoms with Crippen molar-refractivity contribution in [1.82, 2.24) is 9.47 Å². The Kier molecular flexibility index (Phi) is 6.38. The normalized spacial score (nSPS) is 14.4. The van der Waals surface area contributed by atoms with Crippen molar-refractivity contribution in [2.45, 2.75) is 45.7 Å². The second kappa shape index (κ2) is 9.64. The number of carbonyl (C=O) groups excluding carboxylic acids is 1. The fourth-order valence-electron chi connectivity index (χ4n) is 5.10. The van der Waals surface area contributed by atoms with Crippen molar-refractivity contribution in [3.05, 3.63) is 83.6 Å². The summed E-state index contributed by atoms with van der Waals surface area (Å²) in [7, 11) is 0. The van der Waals surface area contributed by atoms with Crippen LogP contribution in [0, 0.1) is 18.3 Å². The Hall–Kier alpha value is -3.88. The summed E-state index contributed by atoms with van der Waals surface area (Å²) in [4.78, 5) is 15.7. The van der Waals surface area contributed by atoms with E-state index in [1.54, 1.807) is 0 Å². The summed E-state index contributed by atoms with van der Waals surface area (Å²) in [5.74, 6) is 0.0696. The lowest BCUT2D eigenvalue weighted by molar-refractivity contribution is 0.0716. The van der Waals surface area contributed by atoms with Crippen LogP contribution in [0.5, 0.6) is 0 Å².